The number of unbranched alkanes of at least 4 members (excludes halogenated alkanes) is 4. The van der Waals surface area contributed by atoms with Crippen molar-refractivity contribution in [3.8, 4) is 11.1 Å². The molecule has 2 heteroatoms. The van der Waals surface area contributed by atoms with E-state index in [-0.39, 0.29) is 5.97 Å². The van der Waals surface area contributed by atoms with E-state index in [0.29, 0.717) is 12.5 Å². The van der Waals surface area contributed by atoms with E-state index >= 15 is 0 Å². The van der Waals surface area contributed by atoms with Crippen molar-refractivity contribution in [2.45, 2.75) is 121 Å². The van der Waals surface area contributed by atoms with Gasteiger partial charge < -0.3 is 4.74 Å². The number of carbonyl (C=O) groups excluding carboxylic acids is 1. The van der Waals surface area contributed by atoms with Crippen LogP contribution in [0.3, 0.4) is 0 Å². The van der Waals surface area contributed by atoms with Crippen molar-refractivity contribution < 1.29 is 9.53 Å². The smallest absolute Gasteiger partial charge is 0.330 e. The second-order valence-corrected chi connectivity index (χ2v) is 12.4. The molecule has 0 bridgehead atoms. The van der Waals surface area contributed by atoms with Crippen LogP contribution in [0.15, 0.2) is 61.2 Å². The van der Waals surface area contributed by atoms with Gasteiger partial charge in [-0.2, -0.15) is 0 Å². The van der Waals surface area contributed by atoms with Gasteiger partial charge in [0.15, 0.2) is 0 Å². The number of hydrogen-bond acceptors (Lipinski definition) is 2. The molecule has 0 amide bonds. The molecule has 2 aliphatic rings. The summed E-state index contributed by atoms with van der Waals surface area (Å²) < 4.78 is 5.09. The van der Waals surface area contributed by atoms with E-state index in [1.165, 1.54) is 113 Å². The van der Waals surface area contributed by atoms with Crippen molar-refractivity contribution in [3.05, 3.63) is 72.3 Å². The first-order valence-electron chi connectivity index (χ1n) is 16.2. The van der Waals surface area contributed by atoms with E-state index in [2.05, 4.69) is 62.0 Å². The van der Waals surface area contributed by atoms with E-state index in [1.807, 2.05) is 0 Å². The first-order valence-corrected chi connectivity index (χ1v) is 16.2. The Bertz CT molecular complexity index is 973. The molecule has 0 aliphatic heterocycles. The highest BCUT2D eigenvalue weighted by molar-refractivity contribution is 5.81. The Hall–Kier alpha value is -2.35. The second-order valence-electron chi connectivity index (χ2n) is 12.4. The molecule has 2 aromatic rings. The molecule has 39 heavy (non-hydrogen) atoms. The summed E-state index contributed by atoms with van der Waals surface area (Å²) in [5.74, 6) is 2.96. The molecule has 2 nitrogen and oxygen atoms in total. The number of rotatable bonds is 14. The minimum atomic E-state index is -0.306. The maximum absolute atomic E-state index is 11.1. The highest BCUT2D eigenvalue weighted by Gasteiger charge is 2.23. The summed E-state index contributed by atoms with van der Waals surface area (Å²) in [5, 5.41) is 0. The summed E-state index contributed by atoms with van der Waals surface area (Å²) in [6.45, 7) is 6.27. The molecule has 0 heterocycles. The molecule has 0 unspecified atom stereocenters. The summed E-state index contributed by atoms with van der Waals surface area (Å²) in [7, 11) is 0. The van der Waals surface area contributed by atoms with Gasteiger partial charge in [0, 0.05) is 6.08 Å². The third kappa shape index (κ3) is 9.37. The van der Waals surface area contributed by atoms with Crippen molar-refractivity contribution in [2.75, 3.05) is 6.61 Å². The van der Waals surface area contributed by atoms with Gasteiger partial charge in [0.25, 0.3) is 0 Å². The third-order valence-corrected chi connectivity index (χ3v) is 9.67. The molecule has 0 spiro atoms. The second kappa shape index (κ2) is 16.0. The van der Waals surface area contributed by atoms with E-state index < -0.39 is 0 Å². The molecule has 2 fully saturated rings. The standard InChI is InChI=1S/C37H52O2/c1-3-5-6-7-10-29-12-16-31(17-13-29)33-20-24-35(25-21-33)36-26-22-34(23-27-36)32-18-14-30(15-19-32)11-8-9-28-39-37(38)4-2/h4,20-27,29-32H,2-3,5-19,28H2,1H3. The molecule has 0 atom stereocenters. The molecule has 0 N–H and O–H groups in total. The van der Waals surface area contributed by atoms with Crippen molar-refractivity contribution >= 4 is 5.97 Å². The van der Waals surface area contributed by atoms with Gasteiger partial charge >= 0.3 is 5.97 Å². The summed E-state index contributed by atoms with van der Waals surface area (Å²) in [6, 6.07) is 18.9. The normalized spacial score (nSPS) is 23.3. The number of benzene rings is 2. The molecule has 0 aromatic heterocycles. The Morgan fingerprint density at radius 1 is 0.692 bits per heavy atom. The summed E-state index contributed by atoms with van der Waals surface area (Å²) in [4.78, 5) is 11.1. The van der Waals surface area contributed by atoms with Crippen LogP contribution in [0, 0.1) is 11.8 Å². The zero-order valence-corrected chi connectivity index (χ0v) is 24.5. The van der Waals surface area contributed by atoms with E-state index in [1.54, 1.807) is 5.56 Å². The average molecular weight is 529 g/mol. The van der Waals surface area contributed by atoms with Crippen LogP contribution < -0.4 is 0 Å². The van der Waals surface area contributed by atoms with Crippen LogP contribution in [-0.2, 0) is 9.53 Å². The molecular weight excluding hydrogens is 476 g/mol. The molecular formula is C37H52O2. The molecule has 2 aliphatic carbocycles. The lowest BCUT2D eigenvalue weighted by atomic mass is 9.76. The van der Waals surface area contributed by atoms with Crippen LogP contribution in [0.2, 0.25) is 0 Å². The van der Waals surface area contributed by atoms with Gasteiger partial charge in [0.2, 0.25) is 0 Å². The molecule has 2 aromatic carbocycles. The zero-order chi connectivity index (χ0) is 27.3. The maximum atomic E-state index is 11.1. The predicted octanol–water partition coefficient (Wildman–Crippen LogP) is 10.8. The molecule has 0 saturated heterocycles. The molecule has 212 valence electrons. The Morgan fingerprint density at radius 2 is 1.15 bits per heavy atom. The third-order valence-electron chi connectivity index (χ3n) is 9.67. The fourth-order valence-electron chi connectivity index (χ4n) is 7.09. The van der Waals surface area contributed by atoms with Gasteiger partial charge in [-0.15, -0.1) is 0 Å². The van der Waals surface area contributed by atoms with Gasteiger partial charge in [-0.25, -0.2) is 4.79 Å². The van der Waals surface area contributed by atoms with Crippen molar-refractivity contribution in [2.24, 2.45) is 11.8 Å². The van der Waals surface area contributed by atoms with Gasteiger partial charge in [0.1, 0.15) is 0 Å². The van der Waals surface area contributed by atoms with Gasteiger partial charge in [0.05, 0.1) is 6.61 Å². The lowest BCUT2D eigenvalue weighted by Gasteiger charge is -2.29. The summed E-state index contributed by atoms with van der Waals surface area (Å²) in [6.07, 6.45) is 22.5. The first-order chi connectivity index (χ1) is 19.2. The van der Waals surface area contributed by atoms with E-state index in [4.69, 9.17) is 4.74 Å². The van der Waals surface area contributed by atoms with E-state index in [9.17, 15) is 4.79 Å². The number of ether oxygens (including phenoxy) is 1. The average Bonchev–Trinajstić information content (AvgIpc) is 3.00. The van der Waals surface area contributed by atoms with Crippen LogP contribution in [0.5, 0.6) is 0 Å². The predicted molar refractivity (Wildman–Crippen MR) is 165 cm³/mol. The molecule has 4 rings (SSSR count). The lowest BCUT2D eigenvalue weighted by molar-refractivity contribution is -0.137. The van der Waals surface area contributed by atoms with E-state index in [0.717, 1.165) is 30.6 Å². The van der Waals surface area contributed by atoms with Crippen molar-refractivity contribution in [1.82, 2.24) is 0 Å². The summed E-state index contributed by atoms with van der Waals surface area (Å²) in [5.41, 5.74) is 5.75. The molecule has 0 radical (unpaired) electrons. The Balaban J connectivity index is 1.18. The lowest BCUT2D eigenvalue weighted by Crippen LogP contribution is -2.13. The zero-order valence-electron chi connectivity index (χ0n) is 24.5. The Kier molecular flexibility index (Phi) is 12.2. The maximum Gasteiger partial charge on any atom is 0.330 e. The number of carbonyl (C=O) groups is 1. The minimum Gasteiger partial charge on any atom is -0.463 e. The monoisotopic (exact) mass is 528 g/mol. The van der Waals surface area contributed by atoms with Crippen molar-refractivity contribution in [3.63, 3.8) is 0 Å². The summed E-state index contributed by atoms with van der Waals surface area (Å²) >= 11 is 0. The van der Waals surface area contributed by atoms with Crippen LogP contribution in [0.25, 0.3) is 11.1 Å². The SMILES string of the molecule is C=CC(=O)OCCCCC1CCC(c2ccc(-c3ccc(C4CCC(CCCCCC)CC4)cc3)cc2)CC1. The Labute approximate surface area is 238 Å². The molecule has 2 saturated carbocycles. The Morgan fingerprint density at radius 3 is 1.59 bits per heavy atom. The van der Waals surface area contributed by atoms with Gasteiger partial charge in [-0.3, -0.25) is 0 Å². The highest BCUT2D eigenvalue weighted by Crippen LogP contribution is 2.40. The van der Waals surface area contributed by atoms with Crippen LogP contribution in [-0.4, -0.2) is 12.6 Å². The highest BCUT2D eigenvalue weighted by atomic mass is 16.5. The van der Waals surface area contributed by atoms with Gasteiger partial charge in [-0.1, -0.05) is 101 Å². The first kappa shape index (κ1) is 29.6. The minimum absolute atomic E-state index is 0.306. The largest absolute Gasteiger partial charge is 0.463 e. The van der Waals surface area contributed by atoms with Crippen LogP contribution >= 0.6 is 0 Å². The number of hydrogen-bond donors (Lipinski definition) is 0. The van der Waals surface area contributed by atoms with Crippen LogP contribution in [0.4, 0.5) is 0 Å². The van der Waals surface area contributed by atoms with Crippen LogP contribution in [0.1, 0.15) is 133 Å². The topological polar surface area (TPSA) is 26.3 Å². The quantitative estimate of drug-likeness (QED) is 0.138. The fourth-order valence-corrected chi connectivity index (χ4v) is 7.09. The van der Waals surface area contributed by atoms with Gasteiger partial charge in [-0.05, 0) is 110 Å². The fraction of sp³-hybridized carbons (Fsp3) is 0.595. The number of esters is 1. The van der Waals surface area contributed by atoms with Crippen molar-refractivity contribution in [1.29, 1.82) is 0 Å².